The number of ether oxygens (including phenoxy) is 1. The first-order valence-corrected chi connectivity index (χ1v) is 13.9. The third-order valence-electron chi connectivity index (χ3n) is 7.02. The number of amides is 2. The summed E-state index contributed by atoms with van der Waals surface area (Å²) in [5.74, 6) is -2.79. The van der Waals surface area contributed by atoms with Gasteiger partial charge < -0.3 is 26.4 Å². The Balaban J connectivity index is 1.37. The maximum absolute atomic E-state index is 13.8. The number of halogens is 4. The lowest BCUT2D eigenvalue weighted by molar-refractivity contribution is -0.169. The van der Waals surface area contributed by atoms with Gasteiger partial charge in [-0.25, -0.2) is 14.8 Å². The van der Waals surface area contributed by atoms with Gasteiger partial charge in [0.25, 0.3) is 5.91 Å². The van der Waals surface area contributed by atoms with E-state index in [9.17, 15) is 27.6 Å². The molecule has 1 aliphatic heterocycles. The second-order valence-corrected chi connectivity index (χ2v) is 10.4. The number of benzene rings is 1. The van der Waals surface area contributed by atoms with E-state index in [1.807, 2.05) is 0 Å². The van der Waals surface area contributed by atoms with Gasteiger partial charge in [-0.1, -0.05) is 11.6 Å². The summed E-state index contributed by atoms with van der Waals surface area (Å²) in [5, 5.41) is 15.5. The van der Waals surface area contributed by atoms with Gasteiger partial charge in [0.1, 0.15) is 6.54 Å². The van der Waals surface area contributed by atoms with Gasteiger partial charge in [0.05, 0.1) is 40.7 Å². The van der Waals surface area contributed by atoms with Crippen molar-refractivity contribution >= 4 is 46.5 Å². The van der Waals surface area contributed by atoms with Crippen molar-refractivity contribution in [3.05, 3.63) is 59.3 Å². The largest absolute Gasteiger partial charge is 0.437 e. The zero-order valence-electron chi connectivity index (χ0n) is 23.7. The van der Waals surface area contributed by atoms with Crippen LogP contribution in [0, 0.1) is 11.3 Å². The fourth-order valence-electron chi connectivity index (χ4n) is 4.94. The Morgan fingerprint density at radius 1 is 1.22 bits per heavy atom. The Labute approximate surface area is 263 Å². The second kappa shape index (κ2) is 13.0. The number of fused-ring (bicyclic) bond motifs is 1. The number of rotatable bonds is 8. The molecule has 1 unspecified atom stereocenters. The summed E-state index contributed by atoms with van der Waals surface area (Å²) >= 11 is 6.50. The molecule has 3 aromatic heterocycles. The lowest BCUT2D eigenvalue weighted by Crippen LogP contribution is -2.57. The number of primary amides is 1. The number of aromatic nitrogens is 5. The van der Waals surface area contributed by atoms with Crippen LogP contribution in [0.5, 0.6) is 0 Å². The number of hydrogen-bond donors (Lipinski definition) is 3. The average molecular weight is 660 g/mol. The fraction of sp³-hybridized carbons (Fsp3) is 0.296. The molecule has 1 atom stereocenters. The van der Waals surface area contributed by atoms with E-state index in [4.69, 9.17) is 33.1 Å². The zero-order chi connectivity index (χ0) is 33.2. The van der Waals surface area contributed by atoms with E-state index < -0.39 is 35.9 Å². The van der Waals surface area contributed by atoms with E-state index >= 15 is 0 Å². The summed E-state index contributed by atoms with van der Waals surface area (Å²) in [6, 6.07) is 6.25. The molecular formula is C27H25ClF3N11O4. The van der Waals surface area contributed by atoms with Crippen LogP contribution in [0.2, 0.25) is 5.02 Å². The van der Waals surface area contributed by atoms with Crippen molar-refractivity contribution in [3.63, 3.8) is 0 Å². The Hall–Kier alpha value is -5.25. The molecule has 4 heterocycles. The normalized spacial score (nSPS) is 15.5. The molecule has 5 N–H and O–H groups in total. The smallest absolute Gasteiger partial charge is 0.435 e. The number of nitriles is 1. The van der Waals surface area contributed by atoms with Crippen molar-refractivity contribution in [1.29, 1.82) is 5.26 Å². The first-order valence-electron chi connectivity index (χ1n) is 13.6. The van der Waals surface area contributed by atoms with Gasteiger partial charge in [-0.3, -0.25) is 23.6 Å². The van der Waals surface area contributed by atoms with Gasteiger partial charge in [-0.05, 0) is 18.2 Å². The van der Waals surface area contributed by atoms with Gasteiger partial charge in [-0.15, -0.1) is 0 Å². The van der Waals surface area contributed by atoms with Crippen molar-refractivity contribution in [1.82, 2.24) is 33.9 Å². The van der Waals surface area contributed by atoms with E-state index in [1.54, 1.807) is 17.0 Å². The van der Waals surface area contributed by atoms with Crippen molar-refractivity contribution in [2.75, 3.05) is 38.0 Å². The molecule has 5 rings (SSSR count). The molecule has 46 heavy (non-hydrogen) atoms. The molecule has 0 radical (unpaired) electrons. The first kappa shape index (κ1) is 32.2. The minimum absolute atomic E-state index is 0.0617. The quantitative estimate of drug-likeness (QED) is 0.183. The van der Waals surface area contributed by atoms with Crippen molar-refractivity contribution < 1.29 is 32.3 Å². The zero-order valence-corrected chi connectivity index (χ0v) is 24.5. The monoisotopic (exact) mass is 659 g/mol. The third kappa shape index (κ3) is 6.56. The number of esters is 1. The van der Waals surface area contributed by atoms with Crippen LogP contribution in [0.4, 0.5) is 24.7 Å². The number of imidazole rings is 1. The van der Waals surface area contributed by atoms with Crippen molar-refractivity contribution in [3.8, 4) is 17.3 Å². The maximum atomic E-state index is 13.8. The highest BCUT2D eigenvalue weighted by atomic mass is 35.5. The number of nitrogens with one attached hydrogen (secondary N) is 1. The molecule has 1 aromatic carbocycles. The summed E-state index contributed by atoms with van der Waals surface area (Å²) in [5.41, 5.74) is 10.0. The fourth-order valence-corrected chi connectivity index (χ4v) is 5.20. The molecule has 1 saturated heterocycles. The van der Waals surface area contributed by atoms with Crippen LogP contribution in [0.15, 0.2) is 43.0 Å². The predicted octanol–water partition coefficient (Wildman–Crippen LogP) is 1.60. The molecule has 0 aliphatic carbocycles. The Bertz CT molecular complexity index is 1850. The van der Waals surface area contributed by atoms with Crippen LogP contribution in [0.1, 0.15) is 16.1 Å². The summed E-state index contributed by atoms with van der Waals surface area (Å²) in [4.78, 5) is 48.1. The minimum Gasteiger partial charge on any atom is -0.437 e. The van der Waals surface area contributed by atoms with Gasteiger partial charge in [-0.2, -0.15) is 23.5 Å². The molecule has 2 amide bonds. The Morgan fingerprint density at radius 3 is 2.67 bits per heavy atom. The summed E-state index contributed by atoms with van der Waals surface area (Å²) in [6.45, 7) is 0.743. The predicted molar refractivity (Wildman–Crippen MR) is 155 cm³/mol. The van der Waals surface area contributed by atoms with Crippen LogP contribution in [-0.4, -0.2) is 90.7 Å². The number of hydrogen-bond acceptors (Lipinski definition) is 11. The molecule has 0 spiro atoms. The number of piperazine rings is 1. The van der Waals surface area contributed by atoms with E-state index in [2.05, 4.69) is 20.4 Å². The number of anilines is 2. The highest BCUT2D eigenvalue weighted by Crippen LogP contribution is 2.37. The number of nitrogens with two attached hydrogens (primary N) is 2. The standard InChI is InChI=1S/C27H25ClF3N11O4/c28-18-11-15(1-2-16(18)25(44)40-10-9-39(6-3-32)20(14-40)46-26(45)22(34)43)37-23-24-36-12-19(42(24)8-5-35-23)17-13-41(7-4-33)38-21(17)27(29,30)31/h1-2,5,8,11-13,20H,3,6-7,9-10,14,32H2,(H2,34,43)(H,35,37). The molecule has 1 aliphatic rings. The first-order chi connectivity index (χ1) is 21.9. The summed E-state index contributed by atoms with van der Waals surface area (Å²) < 4.78 is 48.7. The topological polar surface area (TPSA) is 203 Å². The SMILES string of the molecule is N#CCn1cc(-c2cnc3c(Nc4ccc(C(=O)N5CCN(CCN)C(OC(=O)C(N)=O)C5)c(Cl)c4)nccn23)c(C(F)(F)F)n1. The highest BCUT2D eigenvalue weighted by molar-refractivity contribution is 6.34. The lowest BCUT2D eigenvalue weighted by Gasteiger charge is -2.40. The molecular weight excluding hydrogens is 635 g/mol. The lowest BCUT2D eigenvalue weighted by atomic mass is 10.1. The number of carbonyl (C=O) groups is 3. The van der Waals surface area contributed by atoms with Crippen LogP contribution in [0.25, 0.3) is 16.9 Å². The van der Waals surface area contributed by atoms with Crippen LogP contribution < -0.4 is 16.8 Å². The average Bonchev–Trinajstić information content (AvgIpc) is 3.63. The van der Waals surface area contributed by atoms with E-state index in [0.717, 1.165) is 10.9 Å². The van der Waals surface area contributed by atoms with Gasteiger partial charge in [0, 0.05) is 50.5 Å². The molecule has 15 nitrogen and oxygen atoms in total. The molecule has 240 valence electrons. The minimum atomic E-state index is -4.78. The molecule has 19 heteroatoms. The van der Waals surface area contributed by atoms with Gasteiger partial charge >= 0.3 is 18.1 Å². The molecule has 0 bridgehead atoms. The van der Waals surface area contributed by atoms with E-state index in [-0.39, 0.29) is 59.5 Å². The van der Waals surface area contributed by atoms with Crippen molar-refractivity contribution in [2.24, 2.45) is 11.5 Å². The van der Waals surface area contributed by atoms with Crippen molar-refractivity contribution in [2.45, 2.75) is 18.9 Å². The van der Waals surface area contributed by atoms with E-state index in [1.165, 1.54) is 40.0 Å². The summed E-state index contributed by atoms with van der Waals surface area (Å²) in [7, 11) is 0. The maximum Gasteiger partial charge on any atom is 0.435 e. The van der Waals surface area contributed by atoms with Gasteiger partial charge in [0.2, 0.25) is 0 Å². The van der Waals surface area contributed by atoms with Crippen LogP contribution >= 0.6 is 11.6 Å². The molecule has 1 fully saturated rings. The van der Waals surface area contributed by atoms with E-state index in [0.29, 0.717) is 18.8 Å². The third-order valence-corrected chi connectivity index (χ3v) is 7.33. The molecule has 0 saturated carbocycles. The molecule has 4 aromatic rings. The Kier molecular flexibility index (Phi) is 9.09. The number of carbonyl (C=O) groups excluding carboxylic acids is 3. The van der Waals surface area contributed by atoms with Gasteiger partial charge in [0.15, 0.2) is 23.4 Å². The van der Waals surface area contributed by atoms with Crippen LogP contribution in [0.3, 0.4) is 0 Å². The Morgan fingerprint density at radius 2 is 2.00 bits per heavy atom. The summed E-state index contributed by atoms with van der Waals surface area (Å²) in [6.07, 6.45) is -0.571. The second-order valence-electron chi connectivity index (χ2n) is 9.98. The van der Waals surface area contributed by atoms with Crippen LogP contribution in [-0.2, 0) is 27.0 Å². The highest BCUT2D eigenvalue weighted by Gasteiger charge is 2.38. The number of alkyl halides is 3. The number of nitrogens with zero attached hydrogens (tertiary/aromatic N) is 8.